The van der Waals surface area contributed by atoms with Crippen molar-refractivity contribution in [1.29, 1.82) is 0 Å². The molecule has 0 radical (unpaired) electrons. The molecule has 0 bridgehead atoms. The molecule has 144 valence electrons. The minimum absolute atomic E-state index is 0.146. The number of ether oxygens (including phenoxy) is 2. The molecule has 26 heavy (non-hydrogen) atoms. The molecular weight excluding hydrogens is 339 g/mol. The van der Waals surface area contributed by atoms with Gasteiger partial charge in [0.15, 0.2) is 0 Å². The fraction of sp³-hybridized carbons (Fsp3) is 0.579. The van der Waals surface area contributed by atoms with Crippen LogP contribution in [-0.4, -0.2) is 48.0 Å². The molecule has 1 saturated heterocycles. The molecular formula is C19H27FN2O4. The van der Waals surface area contributed by atoms with Crippen LogP contribution in [0.15, 0.2) is 30.3 Å². The van der Waals surface area contributed by atoms with E-state index in [0.717, 1.165) is 5.56 Å². The zero-order valence-corrected chi connectivity index (χ0v) is 15.8. The van der Waals surface area contributed by atoms with Crippen LogP contribution in [0.5, 0.6) is 0 Å². The molecule has 1 N–H and O–H groups in total. The van der Waals surface area contributed by atoms with E-state index in [1.165, 1.54) is 4.90 Å². The fourth-order valence-electron chi connectivity index (χ4n) is 2.90. The summed E-state index contributed by atoms with van der Waals surface area (Å²) >= 11 is 0. The second-order valence-corrected chi connectivity index (χ2v) is 7.82. The van der Waals surface area contributed by atoms with Crippen molar-refractivity contribution >= 4 is 12.2 Å². The number of benzene rings is 1. The molecule has 1 aromatic rings. The second-order valence-electron chi connectivity index (χ2n) is 7.82. The molecule has 2 atom stereocenters. The van der Waals surface area contributed by atoms with Gasteiger partial charge >= 0.3 is 12.2 Å². The highest BCUT2D eigenvalue weighted by Gasteiger charge is 2.47. The largest absolute Gasteiger partial charge is 0.445 e. The summed E-state index contributed by atoms with van der Waals surface area (Å²) in [6.07, 6.45) is -1.15. The van der Waals surface area contributed by atoms with Crippen molar-refractivity contribution in [2.75, 3.05) is 19.8 Å². The van der Waals surface area contributed by atoms with Crippen LogP contribution in [0.1, 0.15) is 33.3 Å². The number of carbonyl (C=O) groups excluding carboxylic acids is 2. The monoisotopic (exact) mass is 366 g/mol. The number of halogens is 1. The Balaban J connectivity index is 1.96. The van der Waals surface area contributed by atoms with Crippen molar-refractivity contribution in [2.24, 2.45) is 5.92 Å². The molecule has 7 heteroatoms. The van der Waals surface area contributed by atoms with Crippen LogP contribution in [0.2, 0.25) is 0 Å². The van der Waals surface area contributed by atoms with E-state index < -0.39 is 35.9 Å². The average molecular weight is 366 g/mol. The molecule has 6 nitrogen and oxygen atoms in total. The third-order valence-corrected chi connectivity index (χ3v) is 4.30. The van der Waals surface area contributed by atoms with Gasteiger partial charge < -0.3 is 19.7 Å². The molecule has 0 saturated carbocycles. The van der Waals surface area contributed by atoms with Crippen LogP contribution < -0.4 is 5.32 Å². The van der Waals surface area contributed by atoms with Gasteiger partial charge in [0.2, 0.25) is 0 Å². The van der Waals surface area contributed by atoms with E-state index in [9.17, 15) is 14.0 Å². The minimum atomic E-state index is -0.914. The summed E-state index contributed by atoms with van der Waals surface area (Å²) in [4.78, 5) is 25.8. The highest BCUT2D eigenvalue weighted by molar-refractivity contribution is 5.71. The van der Waals surface area contributed by atoms with Gasteiger partial charge in [0, 0.05) is 19.0 Å². The van der Waals surface area contributed by atoms with Crippen LogP contribution >= 0.6 is 0 Å². The number of hydrogen-bond acceptors (Lipinski definition) is 4. The number of alkyl carbamates (subject to hydrolysis) is 1. The highest BCUT2D eigenvalue weighted by Crippen LogP contribution is 2.29. The lowest BCUT2D eigenvalue weighted by atomic mass is 9.90. The third-order valence-electron chi connectivity index (χ3n) is 4.30. The smallest absolute Gasteiger partial charge is 0.410 e. The van der Waals surface area contributed by atoms with Crippen molar-refractivity contribution in [2.45, 2.75) is 45.4 Å². The normalized spacial score (nSPS) is 22.8. The second kappa shape index (κ2) is 7.93. The van der Waals surface area contributed by atoms with Crippen LogP contribution in [0, 0.1) is 5.92 Å². The highest BCUT2D eigenvalue weighted by atomic mass is 19.1. The molecule has 1 aromatic carbocycles. The SMILES string of the molecule is CC(C)(C)OC(=O)N[C@]1(C)CN(C(=O)OCc2ccccc2)C[C@H]1CF. The summed E-state index contributed by atoms with van der Waals surface area (Å²) in [6.45, 7) is 6.80. The molecule has 1 heterocycles. The number of rotatable bonds is 4. The Labute approximate surface area is 153 Å². The number of nitrogens with zero attached hydrogens (tertiary/aromatic N) is 1. The number of amides is 2. The van der Waals surface area contributed by atoms with Crippen LogP contribution in [0.25, 0.3) is 0 Å². The Bertz CT molecular complexity index is 632. The predicted molar refractivity (Wildman–Crippen MR) is 95.4 cm³/mol. The maximum absolute atomic E-state index is 13.5. The molecule has 0 aliphatic carbocycles. The van der Waals surface area contributed by atoms with E-state index in [4.69, 9.17) is 9.47 Å². The van der Waals surface area contributed by atoms with Gasteiger partial charge in [0.1, 0.15) is 12.2 Å². The molecule has 1 aliphatic heterocycles. The van der Waals surface area contributed by atoms with Gasteiger partial charge in [0.05, 0.1) is 12.2 Å². The standard InChI is InChI=1S/C19H27FN2O4/c1-18(2,3)26-16(23)21-19(4)13-22(11-15(19)10-20)17(24)25-12-14-8-6-5-7-9-14/h5-9,15H,10-13H2,1-4H3,(H,21,23)/t15-,19-/m1/s1. The summed E-state index contributed by atoms with van der Waals surface area (Å²) in [7, 11) is 0. The number of alkyl halides is 1. The predicted octanol–water partition coefficient (Wildman–Crippen LogP) is 3.51. The van der Waals surface area contributed by atoms with Gasteiger partial charge in [0.25, 0.3) is 0 Å². The van der Waals surface area contributed by atoms with E-state index in [1.807, 2.05) is 30.3 Å². The first-order valence-electron chi connectivity index (χ1n) is 8.66. The van der Waals surface area contributed by atoms with Gasteiger partial charge in [-0.25, -0.2) is 9.59 Å². The molecule has 1 fully saturated rings. The Morgan fingerprint density at radius 3 is 2.54 bits per heavy atom. The summed E-state index contributed by atoms with van der Waals surface area (Å²) in [5.74, 6) is -0.528. The van der Waals surface area contributed by atoms with Gasteiger partial charge in [-0.3, -0.25) is 4.39 Å². The lowest BCUT2D eigenvalue weighted by molar-refractivity contribution is 0.0435. The van der Waals surface area contributed by atoms with Gasteiger partial charge in [-0.15, -0.1) is 0 Å². The Morgan fingerprint density at radius 1 is 1.31 bits per heavy atom. The van der Waals surface area contributed by atoms with E-state index in [2.05, 4.69) is 5.32 Å². The topological polar surface area (TPSA) is 67.9 Å². The minimum Gasteiger partial charge on any atom is -0.445 e. The van der Waals surface area contributed by atoms with Crippen molar-refractivity contribution in [3.8, 4) is 0 Å². The van der Waals surface area contributed by atoms with Crippen LogP contribution in [0.3, 0.4) is 0 Å². The van der Waals surface area contributed by atoms with E-state index >= 15 is 0 Å². The molecule has 0 aromatic heterocycles. The van der Waals surface area contributed by atoms with E-state index in [1.54, 1.807) is 27.7 Å². The molecule has 0 spiro atoms. The summed E-state index contributed by atoms with van der Waals surface area (Å²) < 4.78 is 24.1. The van der Waals surface area contributed by atoms with E-state index in [0.29, 0.717) is 0 Å². The van der Waals surface area contributed by atoms with E-state index in [-0.39, 0.29) is 19.7 Å². The molecule has 2 amide bonds. The first kappa shape index (κ1) is 20.0. The molecule has 2 rings (SSSR count). The lowest BCUT2D eigenvalue weighted by Gasteiger charge is -2.31. The first-order chi connectivity index (χ1) is 12.1. The number of likely N-dealkylation sites (tertiary alicyclic amines) is 1. The van der Waals surface area contributed by atoms with Gasteiger partial charge in [-0.2, -0.15) is 0 Å². The number of nitrogens with one attached hydrogen (secondary N) is 1. The third kappa shape index (κ3) is 5.34. The zero-order chi connectivity index (χ0) is 19.4. The Morgan fingerprint density at radius 2 is 1.96 bits per heavy atom. The number of hydrogen-bond donors (Lipinski definition) is 1. The van der Waals surface area contributed by atoms with Gasteiger partial charge in [-0.05, 0) is 33.3 Å². The zero-order valence-electron chi connectivity index (χ0n) is 15.8. The summed E-state index contributed by atoms with van der Waals surface area (Å²) in [5.41, 5.74) is -0.696. The summed E-state index contributed by atoms with van der Waals surface area (Å²) in [6, 6.07) is 9.32. The van der Waals surface area contributed by atoms with Crippen LogP contribution in [-0.2, 0) is 16.1 Å². The summed E-state index contributed by atoms with van der Waals surface area (Å²) in [5, 5.41) is 2.72. The lowest BCUT2D eigenvalue weighted by Crippen LogP contribution is -2.54. The molecule has 1 aliphatic rings. The average Bonchev–Trinajstić information content (AvgIpc) is 2.88. The molecule has 0 unspecified atom stereocenters. The van der Waals surface area contributed by atoms with Crippen molar-refractivity contribution < 1.29 is 23.5 Å². The van der Waals surface area contributed by atoms with Crippen molar-refractivity contribution in [1.82, 2.24) is 10.2 Å². The van der Waals surface area contributed by atoms with Crippen LogP contribution in [0.4, 0.5) is 14.0 Å². The van der Waals surface area contributed by atoms with Crippen molar-refractivity contribution in [3.63, 3.8) is 0 Å². The van der Waals surface area contributed by atoms with Gasteiger partial charge in [-0.1, -0.05) is 30.3 Å². The maximum atomic E-state index is 13.5. The fourth-order valence-corrected chi connectivity index (χ4v) is 2.90. The Hall–Kier alpha value is -2.31. The van der Waals surface area contributed by atoms with Crippen molar-refractivity contribution in [3.05, 3.63) is 35.9 Å². The maximum Gasteiger partial charge on any atom is 0.410 e. The Kier molecular flexibility index (Phi) is 6.10. The number of carbonyl (C=O) groups is 2. The first-order valence-corrected chi connectivity index (χ1v) is 8.66. The quantitative estimate of drug-likeness (QED) is 0.885.